The molecule has 6 heteroatoms. The molecular weight excluding hydrogens is 320 g/mol. The number of furan rings is 1. The van der Waals surface area contributed by atoms with Gasteiger partial charge in [-0.1, -0.05) is 30.3 Å². The molecule has 0 aliphatic heterocycles. The largest absolute Gasteiger partial charge is 0.459 e. The van der Waals surface area contributed by atoms with Crippen LogP contribution in [0.2, 0.25) is 0 Å². The average Bonchev–Trinajstić information content (AvgIpc) is 3.07. The Labute approximate surface area is 147 Å². The minimum atomic E-state index is -1.05. The average molecular weight is 344 g/mol. The first kappa shape index (κ1) is 18.7. The van der Waals surface area contributed by atoms with Crippen LogP contribution in [0.1, 0.15) is 36.9 Å². The molecule has 6 nitrogen and oxygen atoms in total. The van der Waals surface area contributed by atoms with Crippen LogP contribution in [-0.4, -0.2) is 40.0 Å². The van der Waals surface area contributed by atoms with E-state index in [-0.39, 0.29) is 18.2 Å². The molecule has 0 aliphatic rings. The summed E-state index contributed by atoms with van der Waals surface area (Å²) in [6.45, 7) is 5.41. The summed E-state index contributed by atoms with van der Waals surface area (Å²) in [5, 5.41) is 12.8. The van der Waals surface area contributed by atoms with Gasteiger partial charge in [0.15, 0.2) is 5.76 Å². The van der Waals surface area contributed by atoms with Crippen LogP contribution in [0.5, 0.6) is 0 Å². The van der Waals surface area contributed by atoms with Gasteiger partial charge in [-0.3, -0.25) is 9.59 Å². The summed E-state index contributed by atoms with van der Waals surface area (Å²) in [7, 11) is 0. The summed E-state index contributed by atoms with van der Waals surface area (Å²) >= 11 is 0. The lowest BCUT2D eigenvalue weighted by atomic mass is 10.1. The molecule has 1 atom stereocenters. The molecule has 2 aromatic rings. The summed E-state index contributed by atoms with van der Waals surface area (Å²) in [5.41, 5.74) is -0.0977. The summed E-state index contributed by atoms with van der Waals surface area (Å²) in [6.07, 6.45) is 1.40. The smallest absolute Gasteiger partial charge is 0.287 e. The van der Waals surface area contributed by atoms with Gasteiger partial charge in [0.1, 0.15) is 6.04 Å². The molecule has 2 rings (SSSR count). The number of amides is 2. The third-order valence-electron chi connectivity index (χ3n) is 3.57. The SMILES string of the molecule is CC(NC(=O)c1ccco1)C(=O)N(Cc1ccccc1)CC(C)(C)O. The molecule has 2 N–H and O–H groups in total. The van der Waals surface area contributed by atoms with Crippen LogP contribution in [-0.2, 0) is 11.3 Å². The summed E-state index contributed by atoms with van der Waals surface area (Å²) in [5.74, 6) is -0.573. The molecular formula is C19H24N2O4. The van der Waals surface area contributed by atoms with Crippen LogP contribution >= 0.6 is 0 Å². The molecule has 0 bridgehead atoms. The van der Waals surface area contributed by atoms with E-state index in [2.05, 4.69) is 5.32 Å². The zero-order valence-corrected chi connectivity index (χ0v) is 14.7. The first-order valence-electron chi connectivity index (χ1n) is 8.16. The van der Waals surface area contributed by atoms with Crippen LogP contribution in [0, 0.1) is 0 Å². The van der Waals surface area contributed by atoms with Gasteiger partial charge in [0.05, 0.1) is 11.9 Å². The predicted molar refractivity (Wildman–Crippen MR) is 93.8 cm³/mol. The van der Waals surface area contributed by atoms with E-state index in [4.69, 9.17) is 4.42 Å². The van der Waals surface area contributed by atoms with Crippen LogP contribution in [0.4, 0.5) is 0 Å². The van der Waals surface area contributed by atoms with Gasteiger partial charge in [0.2, 0.25) is 5.91 Å². The van der Waals surface area contributed by atoms with Crippen molar-refractivity contribution < 1.29 is 19.1 Å². The molecule has 0 saturated carbocycles. The molecule has 0 aliphatic carbocycles. The van der Waals surface area contributed by atoms with Crippen molar-refractivity contribution >= 4 is 11.8 Å². The highest BCUT2D eigenvalue weighted by Crippen LogP contribution is 2.12. The van der Waals surface area contributed by atoms with E-state index < -0.39 is 17.6 Å². The maximum absolute atomic E-state index is 12.8. The lowest BCUT2D eigenvalue weighted by molar-refractivity contribution is -0.136. The molecule has 134 valence electrons. The van der Waals surface area contributed by atoms with Gasteiger partial charge in [0.25, 0.3) is 5.91 Å². The summed E-state index contributed by atoms with van der Waals surface area (Å²) in [6, 6.07) is 11.9. The van der Waals surface area contributed by atoms with Crippen LogP contribution in [0.25, 0.3) is 0 Å². The second-order valence-corrected chi connectivity index (χ2v) is 6.66. The van der Waals surface area contributed by atoms with Gasteiger partial charge >= 0.3 is 0 Å². The minimum absolute atomic E-state index is 0.150. The number of benzene rings is 1. The molecule has 0 spiro atoms. The number of aliphatic hydroxyl groups is 1. The quantitative estimate of drug-likeness (QED) is 0.807. The van der Waals surface area contributed by atoms with E-state index in [1.165, 1.54) is 12.3 Å². The van der Waals surface area contributed by atoms with Gasteiger partial charge < -0.3 is 19.7 Å². The zero-order chi connectivity index (χ0) is 18.4. The number of hydrogen-bond acceptors (Lipinski definition) is 4. The fourth-order valence-electron chi connectivity index (χ4n) is 2.49. The van der Waals surface area contributed by atoms with Crippen LogP contribution < -0.4 is 5.32 Å². The standard InChI is InChI=1S/C19H24N2O4/c1-14(20-17(22)16-10-7-11-25-16)18(23)21(13-19(2,3)24)12-15-8-5-4-6-9-15/h4-11,14,24H,12-13H2,1-3H3,(H,20,22). The fraction of sp³-hybridized carbons (Fsp3) is 0.368. The monoisotopic (exact) mass is 344 g/mol. The number of hydrogen-bond donors (Lipinski definition) is 2. The van der Waals surface area contributed by atoms with E-state index >= 15 is 0 Å². The summed E-state index contributed by atoms with van der Waals surface area (Å²) in [4.78, 5) is 26.4. The van der Waals surface area contributed by atoms with Crippen molar-refractivity contribution in [1.29, 1.82) is 0 Å². The minimum Gasteiger partial charge on any atom is -0.459 e. The van der Waals surface area contributed by atoms with E-state index in [9.17, 15) is 14.7 Å². The van der Waals surface area contributed by atoms with Gasteiger partial charge in [-0.2, -0.15) is 0 Å². The second kappa shape index (κ2) is 7.98. The molecule has 0 fully saturated rings. The molecule has 0 radical (unpaired) electrons. The van der Waals surface area contributed by atoms with Crippen LogP contribution in [0.15, 0.2) is 53.1 Å². The fourth-order valence-corrected chi connectivity index (χ4v) is 2.49. The van der Waals surface area contributed by atoms with Crippen molar-refractivity contribution in [3.63, 3.8) is 0 Å². The van der Waals surface area contributed by atoms with Crippen molar-refractivity contribution in [2.75, 3.05) is 6.54 Å². The Morgan fingerprint density at radius 3 is 2.44 bits per heavy atom. The summed E-state index contributed by atoms with van der Waals surface area (Å²) < 4.78 is 5.04. The maximum Gasteiger partial charge on any atom is 0.287 e. The van der Waals surface area contributed by atoms with E-state index in [0.717, 1.165) is 5.56 Å². The Balaban J connectivity index is 2.09. The highest BCUT2D eigenvalue weighted by atomic mass is 16.3. The number of rotatable bonds is 7. The number of carbonyl (C=O) groups is 2. The molecule has 25 heavy (non-hydrogen) atoms. The highest BCUT2D eigenvalue weighted by molar-refractivity contribution is 5.95. The third-order valence-corrected chi connectivity index (χ3v) is 3.57. The van der Waals surface area contributed by atoms with Crippen molar-refractivity contribution in [3.05, 3.63) is 60.1 Å². The topological polar surface area (TPSA) is 82.8 Å². The maximum atomic E-state index is 12.8. The van der Waals surface area contributed by atoms with E-state index in [0.29, 0.717) is 6.54 Å². The molecule has 1 aromatic carbocycles. The Bertz CT molecular complexity index is 690. The van der Waals surface area contributed by atoms with E-state index in [1.54, 1.807) is 31.7 Å². The molecule has 1 aromatic heterocycles. The van der Waals surface area contributed by atoms with E-state index in [1.807, 2.05) is 30.3 Å². The van der Waals surface area contributed by atoms with Crippen LogP contribution in [0.3, 0.4) is 0 Å². The molecule has 1 unspecified atom stereocenters. The van der Waals surface area contributed by atoms with Gasteiger partial charge in [-0.05, 0) is 38.5 Å². The molecule has 0 saturated heterocycles. The predicted octanol–water partition coefficient (Wildman–Crippen LogP) is 2.20. The number of carbonyl (C=O) groups excluding carboxylic acids is 2. The third kappa shape index (κ3) is 5.76. The first-order valence-corrected chi connectivity index (χ1v) is 8.16. The normalized spacial score (nSPS) is 12.5. The Morgan fingerprint density at radius 1 is 1.20 bits per heavy atom. The van der Waals surface area contributed by atoms with Crippen molar-refractivity contribution in [3.8, 4) is 0 Å². The van der Waals surface area contributed by atoms with Gasteiger partial charge in [0, 0.05) is 13.1 Å². The van der Waals surface area contributed by atoms with Crippen molar-refractivity contribution in [1.82, 2.24) is 10.2 Å². The Kier molecular flexibility index (Phi) is 5.98. The van der Waals surface area contributed by atoms with Crippen molar-refractivity contribution in [2.24, 2.45) is 0 Å². The Hall–Kier alpha value is -2.60. The van der Waals surface area contributed by atoms with Crippen molar-refractivity contribution in [2.45, 2.75) is 39.0 Å². The lowest BCUT2D eigenvalue weighted by Gasteiger charge is -2.31. The lowest BCUT2D eigenvalue weighted by Crippen LogP contribution is -2.50. The van der Waals surface area contributed by atoms with Gasteiger partial charge in [-0.25, -0.2) is 0 Å². The first-order chi connectivity index (χ1) is 11.8. The molecule has 2 amide bonds. The second-order valence-electron chi connectivity index (χ2n) is 6.66. The highest BCUT2D eigenvalue weighted by Gasteiger charge is 2.27. The molecule has 1 heterocycles. The zero-order valence-electron chi connectivity index (χ0n) is 14.7. The van der Waals surface area contributed by atoms with Gasteiger partial charge in [-0.15, -0.1) is 0 Å². The number of nitrogens with zero attached hydrogens (tertiary/aromatic N) is 1. The Morgan fingerprint density at radius 2 is 1.88 bits per heavy atom. The number of nitrogens with one attached hydrogen (secondary N) is 1.